The van der Waals surface area contributed by atoms with Crippen LogP contribution in [0.15, 0.2) is 40.4 Å². The van der Waals surface area contributed by atoms with Crippen LogP contribution in [0.2, 0.25) is 0 Å². The average Bonchev–Trinajstić information content (AvgIpc) is 2.93. The molecule has 170 valence electrons. The summed E-state index contributed by atoms with van der Waals surface area (Å²) in [6.07, 6.45) is 3.34. The summed E-state index contributed by atoms with van der Waals surface area (Å²) in [5.74, 6) is -0.157. The average molecular weight is 448 g/mol. The van der Waals surface area contributed by atoms with Gasteiger partial charge >= 0.3 is 7.52 Å². The predicted octanol–water partition coefficient (Wildman–Crippen LogP) is 5.01. The van der Waals surface area contributed by atoms with Gasteiger partial charge in [-0.15, -0.1) is 0 Å². The van der Waals surface area contributed by atoms with E-state index >= 15 is 0 Å². The Kier molecular flexibility index (Phi) is 6.97. The van der Waals surface area contributed by atoms with Gasteiger partial charge in [0.2, 0.25) is 0 Å². The monoisotopic (exact) mass is 447 g/mol. The number of para-hydroxylation sites is 1. The number of rotatable bonds is 8. The number of nitrogens with zero attached hydrogens (tertiary/aromatic N) is 2. The Morgan fingerprint density at radius 3 is 2.61 bits per heavy atom. The lowest BCUT2D eigenvalue weighted by atomic mass is 9.92. The molecule has 0 radical (unpaired) electrons. The van der Waals surface area contributed by atoms with Crippen molar-refractivity contribution in [2.24, 2.45) is 10.2 Å². The quantitative estimate of drug-likeness (QED) is 0.547. The number of hydrogen-bond donors (Lipinski definition) is 2. The normalized spacial score (nSPS) is 23.6. The molecule has 0 aromatic heterocycles. The van der Waals surface area contributed by atoms with Crippen LogP contribution < -0.4 is 10.6 Å². The molecule has 0 aliphatic carbocycles. The summed E-state index contributed by atoms with van der Waals surface area (Å²) in [5.41, 5.74) is 0.734. The number of aliphatic hydroxyl groups is 1. The van der Waals surface area contributed by atoms with E-state index in [0.717, 1.165) is 19.3 Å². The number of carbonyl (C=O) groups excluding carboxylic acids is 1. The lowest BCUT2D eigenvalue weighted by Crippen LogP contribution is -2.39. The number of amidine groups is 1. The van der Waals surface area contributed by atoms with Crippen molar-refractivity contribution in [2.75, 3.05) is 18.5 Å². The zero-order chi connectivity index (χ0) is 22.8. The van der Waals surface area contributed by atoms with Gasteiger partial charge in [-0.05, 0) is 37.3 Å². The van der Waals surface area contributed by atoms with Gasteiger partial charge in [-0.25, -0.2) is 0 Å². The van der Waals surface area contributed by atoms with E-state index in [-0.39, 0.29) is 35.1 Å². The summed E-state index contributed by atoms with van der Waals surface area (Å²) in [4.78, 5) is 15.2. The molecule has 2 heterocycles. The summed E-state index contributed by atoms with van der Waals surface area (Å²) in [6, 6.07) is 6.69. The molecule has 3 rings (SSSR count). The molecule has 0 fully saturated rings. The molecule has 1 aromatic rings. The Balaban J connectivity index is 2.01. The van der Waals surface area contributed by atoms with Crippen LogP contribution in [0.1, 0.15) is 60.3 Å². The first kappa shape index (κ1) is 23.6. The van der Waals surface area contributed by atoms with Crippen molar-refractivity contribution < 1.29 is 19.0 Å². The summed E-state index contributed by atoms with van der Waals surface area (Å²) >= 11 is 0. The maximum Gasteiger partial charge on any atom is 0.348 e. The topological polar surface area (TPSA) is 91.2 Å². The van der Waals surface area contributed by atoms with E-state index in [1.54, 1.807) is 30.0 Å². The molecule has 8 heteroatoms. The van der Waals surface area contributed by atoms with Gasteiger partial charge < -0.3 is 19.8 Å². The summed E-state index contributed by atoms with van der Waals surface area (Å²) in [5, 5.41) is 14.7. The fraction of sp³-hybridized carbons (Fsp3) is 0.565. The third-order valence-electron chi connectivity index (χ3n) is 5.59. The Morgan fingerprint density at radius 2 is 1.97 bits per heavy atom. The summed E-state index contributed by atoms with van der Waals surface area (Å²) < 4.78 is 23.5. The number of anilines is 1. The molecular formula is C23H34N3O4P. The fourth-order valence-corrected chi connectivity index (χ4v) is 5.66. The zero-order valence-corrected chi connectivity index (χ0v) is 20.0. The number of amides is 1. The fourth-order valence-electron chi connectivity index (χ4n) is 3.88. The SMILES string of the molecule is CCCCC1C(O)=C(C2=NP(=O)(OCC)c3ccccc3N2)C(=O)N1CCC(C)(C)C. The van der Waals surface area contributed by atoms with E-state index in [1.807, 2.05) is 6.07 Å². The number of unbranched alkanes of at least 4 members (excludes halogenated alkanes) is 1. The van der Waals surface area contributed by atoms with E-state index in [4.69, 9.17) is 4.52 Å². The smallest absolute Gasteiger partial charge is 0.348 e. The molecule has 1 amide bonds. The van der Waals surface area contributed by atoms with Crippen molar-refractivity contribution >= 4 is 30.3 Å². The minimum absolute atomic E-state index is 0.000962. The highest BCUT2D eigenvalue weighted by molar-refractivity contribution is 7.66. The summed E-state index contributed by atoms with van der Waals surface area (Å²) in [7, 11) is -3.56. The van der Waals surface area contributed by atoms with Crippen molar-refractivity contribution in [3.05, 3.63) is 35.6 Å². The van der Waals surface area contributed by atoms with Crippen LogP contribution in [0, 0.1) is 5.41 Å². The molecule has 7 nitrogen and oxygen atoms in total. The Morgan fingerprint density at radius 1 is 1.26 bits per heavy atom. The van der Waals surface area contributed by atoms with Crippen LogP contribution in [-0.4, -0.2) is 40.9 Å². The van der Waals surface area contributed by atoms with Crippen molar-refractivity contribution in [1.29, 1.82) is 0 Å². The van der Waals surface area contributed by atoms with E-state index in [9.17, 15) is 14.5 Å². The second-order valence-corrected chi connectivity index (χ2v) is 11.2. The molecule has 31 heavy (non-hydrogen) atoms. The molecule has 2 unspecified atom stereocenters. The number of hydrogen-bond acceptors (Lipinski definition) is 5. The van der Waals surface area contributed by atoms with Gasteiger partial charge in [0, 0.05) is 6.54 Å². The Bertz CT molecular complexity index is 948. The predicted molar refractivity (Wildman–Crippen MR) is 125 cm³/mol. The molecule has 0 spiro atoms. The van der Waals surface area contributed by atoms with Crippen LogP contribution in [0.3, 0.4) is 0 Å². The summed E-state index contributed by atoms with van der Waals surface area (Å²) in [6.45, 7) is 11.0. The number of nitrogens with one attached hydrogen (secondary N) is 1. The molecule has 2 aliphatic rings. The van der Waals surface area contributed by atoms with Crippen molar-refractivity contribution in [3.8, 4) is 0 Å². The number of benzene rings is 1. The number of carbonyl (C=O) groups is 1. The van der Waals surface area contributed by atoms with Gasteiger partial charge in [-0.1, -0.05) is 52.7 Å². The zero-order valence-electron chi connectivity index (χ0n) is 19.1. The van der Waals surface area contributed by atoms with E-state index in [1.165, 1.54) is 0 Å². The van der Waals surface area contributed by atoms with Crippen LogP contribution >= 0.6 is 7.52 Å². The molecule has 0 bridgehead atoms. The first-order valence-electron chi connectivity index (χ1n) is 11.1. The van der Waals surface area contributed by atoms with Gasteiger partial charge in [0.05, 0.1) is 23.6 Å². The largest absolute Gasteiger partial charge is 0.509 e. The highest BCUT2D eigenvalue weighted by atomic mass is 31.2. The molecule has 2 atom stereocenters. The second-order valence-electron chi connectivity index (χ2n) is 9.26. The van der Waals surface area contributed by atoms with Crippen LogP contribution in [0.4, 0.5) is 5.69 Å². The Hall–Kier alpha value is -2.11. The van der Waals surface area contributed by atoms with E-state index in [2.05, 4.69) is 37.8 Å². The van der Waals surface area contributed by atoms with Gasteiger partial charge in [-0.2, -0.15) is 4.76 Å². The molecule has 2 N–H and O–H groups in total. The van der Waals surface area contributed by atoms with E-state index in [0.29, 0.717) is 24.0 Å². The highest BCUT2D eigenvalue weighted by Gasteiger charge is 2.44. The highest BCUT2D eigenvalue weighted by Crippen LogP contribution is 2.52. The van der Waals surface area contributed by atoms with Gasteiger partial charge in [-0.3, -0.25) is 9.36 Å². The minimum Gasteiger partial charge on any atom is -0.509 e. The van der Waals surface area contributed by atoms with Gasteiger partial charge in [0.1, 0.15) is 11.3 Å². The first-order chi connectivity index (χ1) is 14.6. The molecule has 2 aliphatic heterocycles. The molecule has 1 aromatic carbocycles. The second kappa shape index (κ2) is 9.17. The van der Waals surface area contributed by atoms with Gasteiger partial charge in [0.15, 0.2) is 5.84 Å². The van der Waals surface area contributed by atoms with Crippen LogP contribution in [-0.2, 0) is 13.9 Å². The third kappa shape index (κ3) is 4.88. The third-order valence-corrected chi connectivity index (χ3v) is 7.66. The maximum atomic E-state index is 13.5. The molecular weight excluding hydrogens is 413 g/mol. The van der Waals surface area contributed by atoms with Crippen LogP contribution in [0.5, 0.6) is 0 Å². The van der Waals surface area contributed by atoms with E-state index < -0.39 is 13.6 Å². The van der Waals surface area contributed by atoms with Crippen molar-refractivity contribution in [1.82, 2.24) is 4.90 Å². The first-order valence-corrected chi connectivity index (χ1v) is 12.6. The maximum absolute atomic E-state index is 13.5. The van der Waals surface area contributed by atoms with Gasteiger partial charge in [0.25, 0.3) is 5.91 Å². The molecule has 0 saturated heterocycles. The standard InChI is InChI=1S/C23H34N3O4P/c1-6-8-12-17-20(27)19(22(28)26(17)15-14-23(3,4)5)21-24-16-11-9-10-13-18(16)31(29,25-21)30-7-2/h9-11,13,17,27H,6-8,12,14-15H2,1-5H3,(H,24,25,29). The number of fused-ring (bicyclic) bond motifs is 1. The lowest BCUT2D eigenvalue weighted by Gasteiger charge is -2.29. The molecule has 0 saturated carbocycles. The Labute approximate surface area is 185 Å². The number of aliphatic hydroxyl groups excluding tert-OH is 1. The minimum atomic E-state index is -3.56. The van der Waals surface area contributed by atoms with Crippen LogP contribution in [0.25, 0.3) is 0 Å². The van der Waals surface area contributed by atoms with Crippen molar-refractivity contribution in [3.63, 3.8) is 0 Å². The lowest BCUT2D eigenvalue weighted by molar-refractivity contribution is -0.127. The van der Waals surface area contributed by atoms with Crippen molar-refractivity contribution in [2.45, 2.75) is 66.3 Å².